The number of hydrogen-bond donors (Lipinski definition) is 2. The summed E-state index contributed by atoms with van der Waals surface area (Å²) in [5.74, 6) is 0.644. The van der Waals surface area contributed by atoms with E-state index in [9.17, 15) is 9.59 Å². The molecule has 0 saturated carbocycles. The lowest BCUT2D eigenvalue weighted by molar-refractivity contribution is -0.122. The average molecular weight is 429 g/mol. The van der Waals surface area contributed by atoms with Crippen LogP contribution in [0.1, 0.15) is 22.8 Å². The first-order valence-electron chi connectivity index (χ1n) is 10.2. The van der Waals surface area contributed by atoms with Crippen LogP contribution in [0.15, 0.2) is 77.3 Å². The zero-order valence-electron chi connectivity index (χ0n) is 17.8. The van der Waals surface area contributed by atoms with E-state index >= 15 is 0 Å². The molecule has 1 aromatic heterocycles. The van der Waals surface area contributed by atoms with Crippen molar-refractivity contribution in [3.8, 4) is 17.1 Å². The minimum Gasteiger partial charge on any atom is -0.496 e. The second-order valence-corrected chi connectivity index (χ2v) is 7.33. The highest BCUT2D eigenvalue weighted by atomic mass is 16.5. The highest BCUT2D eigenvalue weighted by Crippen LogP contribution is 2.29. The Morgan fingerprint density at radius 1 is 1.03 bits per heavy atom. The predicted molar refractivity (Wildman–Crippen MR) is 121 cm³/mol. The third kappa shape index (κ3) is 4.46. The van der Waals surface area contributed by atoms with Gasteiger partial charge >= 0.3 is 0 Å². The fourth-order valence-electron chi connectivity index (χ4n) is 3.41. The monoisotopic (exact) mass is 429 g/mol. The Balaban J connectivity index is 1.44. The van der Waals surface area contributed by atoms with Crippen LogP contribution in [0.25, 0.3) is 22.2 Å². The lowest BCUT2D eigenvalue weighted by Gasteiger charge is -2.15. The number of aromatic nitrogens is 1. The summed E-state index contributed by atoms with van der Waals surface area (Å²) in [4.78, 5) is 25.3. The Labute approximate surface area is 185 Å². The van der Waals surface area contributed by atoms with Crippen molar-refractivity contribution in [3.05, 3.63) is 83.9 Å². The van der Waals surface area contributed by atoms with Gasteiger partial charge in [-0.15, -0.1) is 0 Å². The molecule has 1 heterocycles. The van der Waals surface area contributed by atoms with Crippen LogP contribution in [0, 0.1) is 0 Å². The van der Waals surface area contributed by atoms with Crippen molar-refractivity contribution < 1.29 is 18.8 Å². The number of hydrogen-bond acceptors (Lipinski definition) is 5. The number of rotatable bonds is 7. The molecular formula is C25H23N3O4. The first-order chi connectivity index (χ1) is 15.6. The van der Waals surface area contributed by atoms with Crippen LogP contribution in [-0.2, 0) is 11.3 Å². The lowest BCUT2D eigenvalue weighted by Crippen LogP contribution is -2.44. The third-order valence-electron chi connectivity index (χ3n) is 5.16. The number of methoxy groups -OCH3 is 1. The number of carbonyl (C=O) groups is 2. The molecule has 2 N–H and O–H groups in total. The topological polar surface area (TPSA) is 93.5 Å². The van der Waals surface area contributed by atoms with Gasteiger partial charge in [-0.05, 0) is 31.2 Å². The molecule has 2 amide bonds. The lowest BCUT2D eigenvalue weighted by atomic mass is 10.1. The highest BCUT2D eigenvalue weighted by Gasteiger charge is 2.19. The molecule has 7 nitrogen and oxygen atoms in total. The fraction of sp³-hybridized carbons (Fsp3) is 0.160. The van der Waals surface area contributed by atoms with Crippen LogP contribution in [0.3, 0.4) is 0 Å². The number of nitrogens with zero attached hydrogens (tertiary/aromatic N) is 1. The van der Waals surface area contributed by atoms with Gasteiger partial charge in [0.05, 0.1) is 12.5 Å². The average Bonchev–Trinajstić information content (AvgIpc) is 3.26. The van der Waals surface area contributed by atoms with Crippen molar-refractivity contribution in [1.82, 2.24) is 15.8 Å². The Bertz CT molecular complexity index is 1250. The predicted octanol–water partition coefficient (Wildman–Crippen LogP) is 3.94. The van der Waals surface area contributed by atoms with Crippen molar-refractivity contribution in [2.45, 2.75) is 19.5 Å². The van der Waals surface area contributed by atoms with Gasteiger partial charge in [0.25, 0.3) is 5.91 Å². The summed E-state index contributed by atoms with van der Waals surface area (Å²) in [7, 11) is 1.58. The van der Waals surface area contributed by atoms with Gasteiger partial charge in [0.15, 0.2) is 5.76 Å². The normalized spacial score (nSPS) is 11.7. The molecule has 3 aromatic carbocycles. The van der Waals surface area contributed by atoms with E-state index in [0.29, 0.717) is 29.1 Å². The van der Waals surface area contributed by atoms with Gasteiger partial charge < -0.3 is 19.9 Å². The largest absolute Gasteiger partial charge is 0.496 e. The molecule has 0 spiro atoms. The van der Waals surface area contributed by atoms with Gasteiger partial charge in [0.2, 0.25) is 5.91 Å². The number of benzene rings is 3. The van der Waals surface area contributed by atoms with Gasteiger partial charge in [-0.3, -0.25) is 9.59 Å². The molecule has 0 radical (unpaired) electrons. The SMILES string of the molecule is COc1ccccc1CNC(=O)[C@@H](C)NC(=O)c1ccc2noc(-c3ccccc3)c2c1. The number of nitrogens with one attached hydrogen (secondary N) is 2. The van der Waals surface area contributed by atoms with Crippen LogP contribution in [0.4, 0.5) is 0 Å². The third-order valence-corrected chi connectivity index (χ3v) is 5.16. The number of carbonyl (C=O) groups excluding carboxylic acids is 2. The number of para-hydroxylation sites is 1. The van der Waals surface area contributed by atoms with Gasteiger partial charge in [-0.2, -0.15) is 0 Å². The van der Waals surface area contributed by atoms with E-state index < -0.39 is 6.04 Å². The standard InChI is InChI=1S/C25H23N3O4/c1-16(24(29)26-15-19-10-6-7-11-22(19)31-2)27-25(30)18-12-13-21-20(14-18)23(32-28-21)17-8-4-3-5-9-17/h3-14,16H,15H2,1-2H3,(H,26,29)(H,27,30)/t16-/m1/s1. The Morgan fingerprint density at radius 3 is 2.56 bits per heavy atom. The Kier molecular flexibility index (Phi) is 6.17. The van der Waals surface area contributed by atoms with Gasteiger partial charge in [-0.25, -0.2) is 0 Å². The molecule has 0 bridgehead atoms. The van der Waals surface area contributed by atoms with Crippen molar-refractivity contribution in [2.75, 3.05) is 7.11 Å². The summed E-state index contributed by atoms with van der Waals surface area (Å²) in [5.41, 5.74) is 2.80. The zero-order valence-corrected chi connectivity index (χ0v) is 17.8. The summed E-state index contributed by atoms with van der Waals surface area (Å²) in [5, 5.41) is 10.4. The van der Waals surface area contributed by atoms with Crippen molar-refractivity contribution in [1.29, 1.82) is 0 Å². The van der Waals surface area contributed by atoms with Crippen LogP contribution >= 0.6 is 0 Å². The highest BCUT2D eigenvalue weighted by molar-refractivity contribution is 6.02. The van der Waals surface area contributed by atoms with E-state index in [1.54, 1.807) is 32.2 Å². The molecule has 32 heavy (non-hydrogen) atoms. The summed E-state index contributed by atoms with van der Waals surface area (Å²) < 4.78 is 10.8. The van der Waals surface area contributed by atoms with E-state index in [4.69, 9.17) is 9.26 Å². The van der Waals surface area contributed by atoms with E-state index in [1.807, 2.05) is 54.6 Å². The molecule has 0 saturated heterocycles. The van der Waals surface area contributed by atoms with Crippen LogP contribution in [-0.4, -0.2) is 30.1 Å². The van der Waals surface area contributed by atoms with E-state index in [-0.39, 0.29) is 11.8 Å². The quantitative estimate of drug-likeness (QED) is 0.464. The molecule has 0 unspecified atom stereocenters. The number of ether oxygens (including phenoxy) is 1. The Morgan fingerprint density at radius 2 is 1.78 bits per heavy atom. The van der Waals surface area contributed by atoms with E-state index in [0.717, 1.165) is 16.5 Å². The van der Waals surface area contributed by atoms with Gasteiger partial charge in [0.1, 0.15) is 17.3 Å². The maximum atomic E-state index is 12.8. The zero-order chi connectivity index (χ0) is 22.5. The van der Waals surface area contributed by atoms with Crippen molar-refractivity contribution >= 4 is 22.7 Å². The molecule has 0 aliphatic rings. The molecule has 4 aromatic rings. The summed E-state index contributed by atoms with van der Waals surface area (Å²) in [6.07, 6.45) is 0. The summed E-state index contributed by atoms with van der Waals surface area (Å²) in [6.45, 7) is 1.94. The maximum Gasteiger partial charge on any atom is 0.251 e. The molecular weight excluding hydrogens is 406 g/mol. The van der Waals surface area contributed by atoms with Crippen LogP contribution < -0.4 is 15.4 Å². The second-order valence-electron chi connectivity index (χ2n) is 7.33. The Hall–Kier alpha value is -4.13. The van der Waals surface area contributed by atoms with Gasteiger partial charge in [-0.1, -0.05) is 53.7 Å². The molecule has 1 atom stereocenters. The van der Waals surface area contributed by atoms with Crippen molar-refractivity contribution in [3.63, 3.8) is 0 Å². The summed E-state index contributed by atoms with van der Waals surface area (Å²) >= 11 is 0. The molecule has 7 heteroatoms. The molecule has 0 aliphatic heterocycles. The summed E-state index contributed by atoms with van der Waals surface area (Å²) in [6, 6.07) is 21.4. The van der Waals surface area contributed by atoms with Crippen molar-refractivity contribution in [2.24, 2.45) is 0 Å². The molecule has 0 aliphatic carbocycles. The number of amides is 2. The van der Waals surface area contributed by atoms with E-state index in [2.05, 4.69) is 15.8 Å². The first-order valence-corrected chi connectivity index (χ1v) is 10.2. The second kappa shape index (κ2) is 9.34. The number of fused-ring (bicyclic) bond motifs is 1. The van der Waals surface area contributed by atoms with E-state index in [1.165, 1.54) is 0 Å². The van der Waals surface area contributed by atoms with Crippen LogP contribution in [0.2, 0.25) is 0 Å². The first kappa shape index (κ1) is 21.1. The minimum atomic E-state index is -0.719. The smallest absolute Gasteiger partial charge is 0.251 e. The molecule has 162 valence electrons. The molecule has 4 rings (SSSR count). The maximum absolute atomic E-state index is 12.8. The molecule has 0 fully saturated rings. The fourth-order valence-corrected chi connectivity index (χ4v) is 3.41. The van der Waals surface area contributed by atoms with Gasteiger partial charge in [0, 0.05) is 23.2 Å². The minimum absolute atomic E-state index is 0.291. The van der Waals surface area contributed by atoms with Crippen LogP contribution in [0.5, 0.6) is 5.75 Å².